The summed E-state index contributed by atoms with van der Waals surface area (Å²) in [5.74, 6) is -1.06. The number of rotatable bonds is 4. The molecule has 2 amide bonds. The van der Waals surface area contributed by atoms with Gasteiger partial charge in [-0.2, -0.15) is 0 Å². The number of amides is 2. The van der Waals surface area contributed by atoms with Gasteiger partial charge in [-0.3, -0.25) is 9.59 Å². The monoisotopic (exact) mass is 352 g/mol. The Bertz CT molecular complexity index is 536. The first-order valence-corrected chi connectivity index (χ1v) is 9.34. The molecule has 7 nitrogen and oxygen atoms in total. The first-order valence-electron chi connectivity index (χ1n) is 9.34. The van der Waals surface area contributed by atoms with Crippen LogP contribution in [0.15, 0.2) is 0 Å². The number of carboxylic acids is 1. The number of carboxylic acid groups (broad SMARTS) is 1. The SMILES string of the molecule is CC1CCC(N2CC(C(=O)NC3(C(=O)O)CCOCC3)CC2=O)CC1. The highest BCUT2D eigenvalue weighted by Gasteiger charge is 2.45. The number of aliphatic carboxylic acids is 1. The Kier molecular flexibility index (Phi) is 5.32. The summed E-state index contributed by atoms with van der Waals surface area (Å²) in [6, 6.07) is 0.234. The molecule has 140 valence electrons. The van der Waals surface area contributed by atoms with Gasteiger partial charge in [0.15, 0.2) is 0 Å². The van der Waals surface area contributed by atoms with Crippen LogP contribution in [0.3, 0.4) is 0 Å². The lowest BCUT2D eigenvalue weighted by Gasteiger charge is -2.35. The second-order valence-corrected chi connectivity index (χ2v) is 7.85. The van der Waals surface area contributed by atoms with Crippen LogP contribution >= 0.6 is 0 Å². The Labute approximate surface area is 148 Å². The Balaban J connectivity index is 1.61. The summed E-state index contributed by atoms with van der Waals surface area (Å²) in [6.07, 6.45) is 4.94. The van der Waals surface area contributed by atoms with Crippen LogP contribution in [0.25, 0.3) is 0 Å². The van der Waals surface area contributed by atoms with E-state index in [9.17, 15) is 19.5 Å². The molecular weight excluding hydrogens is 324 g/mol. The molecule has 2 saturated heterocycles. The summed E-state index contributed by atoms with van der Waals surface area (Å²) in [6.45, 7) is 3.29. The van der Waals surface area contributed by atoms with Crippen LogP contribution in [0.4, 0.5) is 0 Å². The molecule has 0 aromatic heterocycles. The standard InChI is InChI=1S/C18H28N2O5/c1-12-2-4-14(5-3-12)20-11-13(10-15(20)21)16(22)19-18(17(23)24)6-8-25-9-7-18/h12-14H,2-11H2,1H3,(H,19,22)(H,23,24). The van der Waals surface area contributed by atoms with Crippen molar-refractivity contribution in [1.82, 2.24) is 10.2 Å². The minimum atomic E-state index is -1.26. The zero-order chi connectivity index (χ0) is 18.0. The van der Waals surface area contributed by atoms with Crippen molar-refractivity contribution >= 4 is 17.8 Å². The van der Waals surface area contributed by atoms with Gasteiger partial charge in [-0.25, -0.2) is 4.79 Å². The van der Waals surface area contributed by atoms with Crippen LogP contribution in [-0.4, -0.2) is 59.1 Å². The Morgan fingerprint density at radius 3 is 2.44 bits per heavy atom. The van der Waals surface area contributed by atoms with E-state index in [2.05, 4.69) is 12.2 Å². The van der Waals surface area contributed by atoms with Crippen LogP contribution in [0.2, 0.25) is 0 Å². The van der Waals surface area contributed by atoms with Crippen molar-refractivity contribution in [3.8, 4) is 0 Å². The van der Waals surface area contributed by atoms with Crippen molar-refractivity contribution in [3.05, 3.63) is 0 Å². The number of nitrogens with zero attached hydrogens (tertiary/aromatic N) is 1. The third kappa shape index (κ3) is 3.81. The van der Waals surface area contributed by atoms with Crippen LogP contribution < -0.4 is 5.32 Å². The molecule has 2 heterocycles. The number of hydrogen-bond donors (Lipinski definition) is 2. The maximum absolute atomic E-state index is 12.7. The molecule has 2 aliphatic heterocycles. The molecule has 3 rings (SSSR count). The highest BCUT2D eigenvalue weighted by molar-refractivity contribution is 5.92. The van der Waals surface area contributed by atoms with Gasteiger partial charge in [-0.05, 0) is 31.6 Å². The van der Waals surface area contributed by atoms with E-state index in [4.69, 9.17) is 4.74 Å². The fraction of sp³-hybridized carbons (Fsp3) is 0.833. The number of carbonyl (C=O) groups is 3. The van der Waals surface area contributed by atoms with Gasteiger partial charge in [0, 0.05) is 45.1 Å². The summed E-state index contributed by atoms with van der Waals surface area (Å²) in [4.78, 5) is 38.6. The summed E-state index contributed by atoms with van der Waals surface area (Å²) >= 11 is 0. The molecule has 7 heteroatoms. The highest BCUT2D eigenvalue weighted by Crippen LogP contribution is 2.32. The quantitative estimate of drug-likeness (QED) is 0.792. The van der Waals surface area contributed by atoms with Gasteiger partial charge in [-0.1, -0.05) is 6.92 Å². The lowest BCUT2D eigenvalue weighted by molar-refractivity contribution is -0.152. The second kappa shape index (κ2) is 7.32. The Morgan fingerprint density at radius 1 is 1.20 bits per heavy atom. The van der Waals surface area contributed by atoms with E-state index in [-0.39, 0.29) is 37.1 Å². The molecule has 25 heavy (non-hydrogen) atoms. The Hall–Kier alpha value is -1.63. The van der Waals surface area contributed by atoms with Crippen molar-refractivity contribution in [2.45, 2.75) is 63.5 Å². The zero-order valence-electron chi connectivity index (χ0n) is 14.8. The summed E-state index contributed by atoms with van der Waals surface area (Å²) < 4.78 is 5.23. The smallest absolute Gasteiger partial charge is 0.329 e. The van der Waals surface area contributed by atoms with Gasteiger partial charge in [-0.15, -0.1) is 0 Å². The molecular formula is C18H28N2O5. The molecule has 3 aliphatic rings. The molecule has 0 aromatic rings. The maximum atomic E-state index is 12.7. The van der Waals surface area contributed by atoms with Crippen molar-refractivity contribution < 1.29 is 24.2 Å². The van der Waals surface area contributed by atoms with Crippen molar-refractivity contribution in [2.24, 2.45) is 11.8 Å². The fourth-order valence-corrected chi connectivity index (χ4v) is 4.26. The fourth-order valence-electron chi connectivity index (χ4n) is 4.26. The van der Waals surface area contributed by atoms with Crippen molar-refractivity contribution in [1.29, 1.82) is 0 Å². The lowest BCUT2D eigenvalue weighted by atomic mass is 9.86. The first kappa shape index (κ1) is 18.2. The highest BCUT2D eigenvalue weighted by atomic mass is 16.5. The average Bonchev–Trinajstić information content (AvgIpc) is 2.98. The van der Waals surface area contributed by atoms with Gasteiger partial charge in [0.25, 0.3) is 0 Å². The van der Waals surface area contributed by atoms with Crippen LogP contribution in [0, 0.1) is 11.8 Å². The van der Waals surface area contributed by atoms with Crippen molar-refractivity contribution in [2.75, 3.05) is 19.8 Å². The van der Waals surface area contributed by atoms with E-state index >= 15 is 0 Å². The van der Waals surface area contributed by atoms with Gasteiger partial charge in [0.2, 0.25) is 11.8 Å². The molecule has 2 N–H and O–H groups in total. The summed E-state index contributed by atoms with van der Waals surface area (Å²) in [7, 11) is 0. The average molecular weight is 352 g/mol. The topological polar surface area (TPSA) is 95.9 Å². The normalized spacial score (nSPS) is 32.4. The number of ether oxygens (including phenoxy) is 1. The van der Waals surface area contributed by atoms with E-state index in [1.54, 1.807) is 0 Å². The number of hydrogen-bond acceptors (Lipinski definition) is 4. The maximum Gasteiger partial charge on any atom is 0.329 e. The van der Waals surface area contributed by atoms with E-state index in [0.717, 1.165) is 25.7 Å². The van der Waals surface area contributed by atoms with Crippen LogP contribution in [0.1, 0.15) is 51.9 Å². The predicted molar refractivity (Wildman–Crippen MR) is 89.8 cm³/mol. The Morgan fingerprint density at radius 2 is 1.84 bits per heavy atom. The van der Waals surface area contributed by atoms with E-state index in [1.165, 1.54) is 0 Å². The lowest BCUT2D eigenvalue weighted by Crippen LogP contribution is -2.58. The van der Waals surface area contributed by atoms with E-state index < -0.39 is 17.4 Å². The molecule has 3 fully saturated rings. The van der Waals surface area contributed by atoms with Gasteiger partial charge in [0.05, 0.1) is 5.92 Å². The van der Waals surface area contributed by atoms with Crippen molar-refractivity contribution in [3.63, 3.8) is 0 Å². The third-order valence-electron chi connectivity index (χ3n) is 6.07. The zero-order valence-corrected chi connectivity index (χ0v) is 14.8. The van der Waals surface area contributed by atoms with E-state index in [0.29, 0.717) is 25.7 Å². The molecule has 0 spiro atoms. The molecule has 1 aliphatic carbocycles. The van der Waals surface area contributed by atoms with Crippen LogP contribution in [0.5, 0.6) is 0 Å². The minimum absolute atomic E-state index is 0.0241. The van der Waals surface area contributed by atoms with Gasteiger partial charge in [0.1, 0.15) is 5.54 Å². The number of likely N-dealkylation sites (tertiary alicyclic amines) is 1. The largest absolute Gasteiger partial charge is 0.480 e. The molecule has 0 aromatic carbocycles. The summed E-state index contributed by atoms with van der Waals surface area (Å²) in [5, 5.41) is 12.3. The summed E-state index contributed by atoms with van der Waals surface area (Å²) in [5.41, 5.74) is -1.26. The molecule has 1 unspecified atom stereocenters. The number of carbonyl (C=O) groups excluding carboxylic acids is 2. The minimum Gasteiger partial charge on any atom is -0.480 e. The van der Waals surface area contributed by atoms with Gasteiger partial charge < -0.3 is 20.1 Å². The predicted octanol–water partition coefficient (Wildman–Crippen LogP) is 1.16. The number of nitrogens with one attached hydrogen (secondary N) is 1. The van der Waals surface area contributed by atoms with Gasteiger partial charge >= 0.3 is 5.97 Å². The third-order valence-corrected chi connectivity index (χ3v) is 6.07. The van der Waals surface area contributed by atoms with E-state index in [1.807, 2.05) is 4.90 Å². The second-order valence-electron chi connectivity index (χ2n) is 7.85. The van der Waals surface area contributed by atoms with Crippen LogP contribution in [-0.2, 0) is 19.1 Å². The first-order chi connectivity index (χ1) is 11.9. The molecule has 1 atom stereocenters. The molecule has 0 radical (unpaired) electrons. The molecule has 0 bridgehead atoms. The molecule has 1 saturated carbocycles.